The summed E-state index contributed by atoms with van der Waals surface area (Å²) in [7, 11) is 1.53. The molecule has 22 heavy (non-hydrogen) atoms. The minimum atomic E-state index is -1.01. The van der Waals surface area contributed by atoms with Crippen LogP contribution in [-0.4, -0.2) is 71.1 Å². The second kappa shape index (κ2) is 7.65. The van der Waals surface area contributed by atoms with Crippen molar-refractivity contribution in [3.63, 3.8) is 0 Å². The lowest BCUT2D eigenvalue weighted by atomic mass is 10.1. The summed E-state index contributed by atoms with van der Waals surface area (Å²) in [5.74, 6) is 0. The zero-order valence-electron chi connectivity index (χ0n) is 12.2. The number of aliphatic hydroxyl groups is 2. The van der Waals surface area contributed by atoms with Crippen LogP contribution in [0.1, 0.15) is 0 Å². The van der Waals surface area contributed by atoms with Crippen molar-refractivity contribution in [1.82, 2.24) is 9.55 Å². The Morgan fingerprint density at radius 1 is 1.36 bits per heavy atom. The van der Waals surface area contributed by atoms with Gasteiger partial charge in [0.05, 0.1) is 26.4 Å². The summed E-state index contributed by atoms with van der Waals surface area (Å²) in [5.41, 5.74) is -1.07. The molecule has 1 saturated heterocycles. The number of aromatic nitrogens is 2. The van der Waals surface area contributed by atoms with E-state index in [9.17, 15) is 19.8 Å². The molecule has 0 saturated carbocycles. The third-order valence-electron chi connectivity index (χ3n) is 3.48. The predicted octanol–water partition coefficient (Wildman–Crippen LogP) is -2.31. The van der Waals surface area contributed by atoms with Crippen LogP contribution in [0.4, 0.5) is 0 Å². The lowest BCUT2D eigenvalue weighted by molar-refractivity contribution is -0.0562. The maximum absolute atomic E-state index is 11.7. The smallest absolute Gasteiger partial charge is 0.328 e. The average molecular weight is 316 g/mol. The molecule has 4 atom stereocenters. The van der Waals surface area contributed by atoms with E-state index < -0.39 is 35.7 Å². The number of hydrogen-bond acceptors (Lipinski definition) is 7. The van der Waals surface area contributed by atoms with Gasteiger partial charge in [-0.25, -0.2) is 4.79 Å². The van der Waals surface area contributed by atoms with Gasteiger partial charge >= 0.3 is 5.69 Å². The molecule has 0 bridgehead atoms. The summed E-state index contributed by atoms with van der Waals surface area (Å²) in [4.78, 5) is 24.9. The van der Waals surface area contributed by atoms with Crippen LogP contribution in [-0.2, 0) is 20.8 Å². The Bertz CT molecular complexity index is 584. The Balaban J connectivity index is 2.11. The first-order chi connectivity index (χ1) is 10.6. The van der Waals surface area contributed by atoms with Crippen LogP contribution in [0.5, 0.6) is 0 Å². The van der Waals surface area contributed by atoms with Gasteiger partial charge in [-0.15, -0.1) is 0 Å². The van der Waals surface area contributed by atoms with Crippen molar-refractivity contribution in [2.45, 2.75) is 31.0 Å². The quantitative estimate of drug-likeness (QED) is 0.483. The van der Waals surface area contributed by atoms with Crippen molar-refractivity contribution in [2.75, 3.05) is 26.9 Å². The number of H-pyrrole nitrogens is 1. The largest absolute Gasteiger partial charge is 0.394 e. The molecule has 1 aliphatic rings. The Morgan fingerprint density at radius 2 is 2.14 bits per heavy atom. The third-order valence-corrected chi connectivity index (χ3v) is 3.48. The standard InChI is InChI=1S/C13H20N2O7/c1-20-4-5-21-12-8(22-9(7-16)11(12)18)6-15-3-2-10(17)14-13(15)19/h2-3,8-9,11-12,16,18H,4-7H2,1H3,(H,14,17,19)/t8-,9+,11?,12+/m0/s1. The van der Waals surface area contributed by atoms with Crippen molar-refractivity contribution >= 4 is 0 Å². The van der Waals surface area contributed by atoms with Crippen LogP contribution < -0.4 is 11.2 Å². The number of rotatable bonds is 7. The van der Waals surface area contributed by atoms with E-state index in [0.29, 0.717) is 6.61 Å². The fraction of sp³-hybridized carbons (Fsp3) is 0.692. The Morgan fingerprint density at radius 3 is 2.77 bits per heavy atom. The second-order valence-electron chi connectivity index (χ2n) is 4.98. The van der Waals surface area contributed by atoms with Gasteiger partial charge < -0.3 is 24.4 Å². The number of aliphatic hydroxyl groups excluding tert-OH is 2. The van der Waals surface area contributed by atoms with E-state index in [4.69, 9.17) is 14.2 Å². The highest BCUT2D eigenvalue weighted by molar-refractivity contribution is 4.93. The molecule has 9 heteroatoms. The van der Waals surface area contributed by atoms with Gasteiger partial charge in [0.1, 0.15) is 24.4 Å². The fourth-order valence-corrected chi connectivity index (χ4v) is 2.37. The van der Waals surface area contributed by atoms with Crippen molar-refractivity contribution in [3.05, 3.63) is 33.1 Å². The number of nitrogens with zero attached hydrogens (tertiary/aromatic N) is 1. The molecule has 0 spiro atoms. The molecule has 0 radical (unpaired) electrons. The summed E-state index contributed by atoms with van der Waals surface area (Å²) in [6, 6.07) is 1.22. The zero-order valence-corrected chi connectivity index (χ0v) is 12.2. The Hall–Kier alpha value is -1.52. The molecule has 1 aromatic heterocycles. The summed E-state index contributed by atoms with van der Waals surface area (Å²) in [6.07, 6.45) is -1.78. The van der Waals surface area contributed by atoms with Gasteiger partial charge in [-0.3, -0.25) is 14.3 Å². The van der Waals surface area contributed by atoms with Crippen molar-refractivity contribution < 1.29 is 24.4 Å². The maximum atomic E-state index is 11.7. The van der Waals surface area contributed by atoms with Gasteiger partial charge in [0.15, 0.2) is 0 Å². The fourth-order valence-electron chi connectivity index (χ4n) is 2.37. The number of ether oxygens (including phenoxy) is 3. The minimum absolute atomic E-state index is 0.0841. The van der Waals surface area contributed by atoms with Crippen LogP contribution in [0.25, 0.3) is 0 Å². The van der Waals surface area contributed by atoms with Gasteiger partial charge in [-0.2, -0.15) is 0 Å². The molecule has 0 amide bonds. The number of nitrogens with one attached hydrogen (secondary N) is 1. The van der Waals surface area contributed by atoms with Crippen LogP contribution in [0, 0.1) is 0 Å². The molecule has 124 valence electrons. The van der Waals surface area contributed by atoms with E-state index in [1.54, 1.807) is 0 Å². The minimum Gasteiger partial charge on any atom is -0.394 e. The van der Waals surface area contributed by atoms with E-state index in [1.165, 1.54) is 23.9 Å². The van der Waals surface area contributed by atoms with E-state index in [0.717, 1.165) is 0 Å². The highest BCUT2D eigenvalue weighted by atomic mass is 16.6. The average Bonchev–Trinajstić information content (AvgIpc) is 2.78. The molecular formula is C13H20N2O7. The lowest BCUT2D eigenvalue weighted by Gasteiger charge is -2.21. The lowest BCUT2D eigenvalue weighted by Crippen LogP contribution is -2.40. The number of hydrogen-bond donors (Lipinski definition) is 3. The molecule has 2 heterocycles. The van der Waals surface area contributed by atoms with E-state index in [1.807, 2.05) is 0 Å². The number of methoxy groups -OCH3 is 1. The number of aromatic amines is 1. The van der Waals surface area contributed by atoms with Crippen LogP contribution in [0.15, 0.2) is 21.9 Å². The second-order valence-corrected chi connectivity index (χ2v) is 4.98. The van der Waals surface area contributed by atoms with Gasteiger partial charge in [0.2, 0.25) is 0 Å². The van der Waals surface area contributed by atoms with Crippen LogP contribution in [0.3, 0.4) is 0 Å². The van der Waals surface area contributed by atoms with Crippen LogP contribution >= 0.6 is 0 Å². The van der Waals surface area contributed by atoms with Gasteiger partial charge in [-0.05, 0) is 0 Å². The molecule has 3 N–H and O–H groups in total. The highest BCUT2D eigenvalue weighted by Crippen LogP contribution is 2.24. The summed E-state index contributed by atoms with van der Waals surface area (Å²) in [6.45, 7) is 0.318. The molecule has 1 aromatic rings. The van der Waals surface area contributed by atoms with E-state index in [2.05, 4.69) is 4.98 Å². The van der Waals surface area contributed by atoms with E-state index in [-0.39, 0.29) is 19.8 Å². The first-order valence-corrected chi connectivity index (χ1v) is 6.91. The van der Waals surface area contributed by atoms with Crippen molar-refractivity contribution in [2.24, 2.45) is 0 Å². The molecule has 0 aromatic carbocycles. The molecular weight excluding hydrogens is 296 g/mol. The molecule has 9 nitrogen and oxygen atoms in total. The molecule has 0 aliphatic carbocycles. The molecule has 2 rings (SSSR count). The summed E-state index contributed by atoms with van der Waals surface area (Å²) in [5, 5.41) is 19.3. The van der Waals surface area contributed by atoms with Crippen LogP contribution in [0.2, 0.25) is 0 Å². The van der Waals surface area contributed by atoms with Gasteiger partial charge in [0, 0.05) is 19.4 Å². The Labute approximate surface area is 126 Å². The normalized spacial score (nSPS) is 28.1. The topological polar surface area (TPSA) is 123 Å². The van der Waals surface area contributed by atoms with Crippen molar-refractivity contribution in [1.29, 1.82) is 0 Å². The first kappa shape index (κ1) is 16.8. The highest BCUT2D eigenvalue weighted by Gasteiger charge is 2.44. The zero-order chi connectivity index (χ0) is 16.1. The van der Waals surface area contributed by atoms with Gasteiger partial charge in [-0.1, -0.05) is 0 Å². The predicted molar refractivity (Wildman–Crippen MR) is 74.7 cm³/mol. The maximum Gasteiger partial charge on any atom is 0.328 e. The molecule has 1 unspecified atom stereocenters. The van der Waals surface area contributed by atoms with Crippen molar-refractivity contribution in [3.8, 4) is 0 Å². The third kappa shape index (κ3) is 3.81. The summed E-state index contributed by atoms with van der Waals surface area (Å²) < 4.78 is 17.2. The molecule has 1 fully saturated rings. The van der Waals surface area contributed by atoms with E-state index >= 15 is 0 Å². The monoisotopic (exact) mass is 316 g/mol. The molecule has 1 aliphatic heterocycles. The summed E-state index contributed by atoms with van der Waals surface area (Å²) >= 11 is 0. The SMILES string of the molecule is COCCO[C@H]1C(O)[C@@H](CO)O[C@H]1Cn1ccc(=O)[nH]c1=O. The van der Waals surface area contributed by atoms with Gasteiger partial charge in [0.25, 0.3) is 5.56 Å². The Kier molecular flexibility index (Phi) is 5.86. The first-order valence-electron chi connectivity index (χ1n) is 6.91.